The molecule has 0 heterocycles. The van der Waals surface area contributed by atoms with E-state index in [2.05, 4.69) is 25.7 Å². The molecule has 23 heavy (non-hydrogen) atoms. The van der Waals surface area contributed by atoms with Crippen LogP contribution in [0.25, 0.3) is 0 Å². The number of fused-ring (bicyclic) bond motifs is 1. The van der Waals surface area contributed by atoms with Gasteiger partial charge in [-0.2, -0.15) is 0 Å². The molecule has 3 saturated carbocycles. The molecule has 0 radical (unpaired) electrons. The Balaban J connectivity index is 1.83. The summed E-state index contributed by atoms with van der Waals surface area (Å²) in [4.78, 5) is 12.0. The van der Waals surface area contributed by atoms with Crippen LogP contribution in [-0.2, 0) is 4.79 Å². The lowest BCUT2D eigenvalue weighted by Gasteiger charge is -2.41. The van der Waals surface area contributed by atoms with Crippen molar-refractivity contribution in [3.8, 4) is 0 Å². The van der Waals surface area contributed by atoms with E-state index in [1.165, 1.54) is 29.6 Å². The van der Waals surface area contributed by atoms with Gasteiger partial charge in [0.15, 0.2) is 0 Å². The lowest BCUT2D eigenvalue weighted by atomic mass is 9.63. The van der Waals surface area contributed by atoms with Gasteiger partial charge in [-0.05, 0) is 75.2 Å². The Morgan fingerprint density at radius 3 is 2.78 bits per heavy atom. The fourth-order valence-corrected chi connectivity index (χ4v) is 5.30. The molecule has 1 N–H and O–H groups in total. The molecule has 4 atom stereocenters. The molecule has 0 amide bonds. The second-order valence-electron chi connectivity index (χ2n) is 8.09. The van der Waals surface area contributed by atoms with Crippen LogP contribution in [0.1, 0.15) is 65.2 Å². The summed E-state index contributed by atoms with van der Waals surface area (Å²) in [5.41, 5.74) is 4.07. The number of allylic oxidation sites excluding steroid dienone is 4. The first-order chi connectivity index (χ1) is 10.9. The molecule has 0 aromatic rings. The van der Waals surface area contributed by atoms with Crippen LogP contribution in [0.2, 0.25) is 0 Å². The lowest BCUT2D eigenvalue weighted by Crippen LogP contribution is -2.36. The summed E-state index contributed by atoms with van der Waals surface area (Å²) in [6.07, 6.45) is 12.5. The average molecular weight is 314 g/mol. The highest BCUT2D eigenvalue weighted by atomic mass is 16.3. The number of aliphatic hydroxyl groups excluding tert-OH is 1. The van der Waals surface area contributed by atoms with Crippen molar-refractivity contribution in [2.75, 3.05) is 0 Å². The van der Waals surface area contributed by atoms with Crippen LogP contribution in [0.5, 0.6) is 0 Å². The van der Waals surface area contributed by atoms with Gasteiger partial charge in [0.25, 0.3) is 0 Å². The fraction of sp³-hybridized carbons (Fsp3) is 0.667. The van der Waals surface area contributed by atoms with Crippen molar-refractivity contribution in [1.82, 2.24) is 0 Å². The van der Waals surface area contributed by atoms with E-state index < -0.39 is 0 Å². The van der Waals surface area contributed by atoms with Crippen molar-refractivity contribution in [2.45, 2.75) is 71.3 Å². The van der Waals surface area contributed by atoms with Crippen LogP contribution in [0.3, 0.4) is 0 Å². The minimum Gasteiger partial charge on any atom is -0.393 e. The third-order valence-corrected chi connectivity index (χ3v) is 6.64. The second kappa shape index (κ2) is 6.39. The highest BCUT2D eigenvalue weighted by Gasteiger charge is 2.50. The topological polar surface area (TPSA) is 37.3 Å². The molecule has 0 aromatic heterocycles. The molecular formula is C21H30O2. The Bertz CT molecular complexity index is 568. The maximum Gasteiger partial charge on any atom is 0.133 e. The predicted octanol–water partition coefficient (Wildman–Crippen LogP) is 4.75. The van der Waals surface area contributed by atoms with Gasteiger partial charge in [0.2, 0.25) is 0 Å². The summed E-state index contributed by atoms with van der Waals surface area (Å²) in [6, 6.07) is 0. The number of aliphatic hydroxyl groups is 1. The Labute approximate surface area is 140 Å². The molecule has 3 aliphatic carbocycles. The monoisotopic (exact) mass is 314 g/mol. The highest BCUT2D eigenvalue weighted by molar-refractivity contribution is 5.79. The molecule has 0 saturated heterocycles. The third kappa shape index (κ3) is 3.10. The number of carbonyl (C=O) groups is 1. The number of hydrogen-bond donors (Lipinski definition) is 1. The summed E-state index contributed by atoms with van der Waals surface area (Å²) >= 11 is 0. The van der Waals surface area contributed by atoms with Crippen LogP contribution in [0, 0.1) is 17.3 Å². The van der Waals surface area contributed by atoms with Crippen LogP contribution in [0.4, 0.5) is 0 Å². The van der Waals surface area contributed by atoms with Gasteiger partial charge in [-0.1, -0.05) is 36.8 Å². The minimum absolute atomic E-state index is 0.164. The molecule has 3 rings (SSSR count). The number of Topliss-reactive ketones (excluding diaryl/α,β-unsaturated/α-hetero) is 1. The molecule has 2 nitrogen and oxygen atoms in total. The van der Waals surface area contributed by atoms with Crippen molar-refractivity contribution < 1.29 is 9.90 Å². The molecule has 2 heteroatoms. The Kier molecular flexibility index (Phi) is 4.64. The lowest BCUT2D eigenvalue weighted by molar-refractivity contribution is -0.124. The van der Waals surface area contributed by atoms with Crippen molar-refractivity contribution in [1.29, 1.82) is 0 Å². The molecule has 0 aromatic carbocycles. The second-order valence-corrected chi connectivity index (χ2v) is 8.09. The molecule has 0 spiro atoms. The molecule has 3 fully saturated rings. The van der Waals surface area contributed by atoms with E-state index in [0.29, 0.717) is 11.7 Å². The first-order valence-corrected chi connectivity index (χ1v) is 9.18. The van der Waals surface area contributed by atoms with Crippen molar-refractivity contribution >= 4 is 5.78 Å². The van der Waals surface area contributed by atoms with E-state index in [1.807, 2.05) is 0 Å². The smallest absolute Gasteiger partial charge is 0.133 e. The van der Waals surface area contributed by atoms with Crippen molar-refractivity contribution in [2.24, 2.45) is 17.3 Å². The van der Waals surface area contributed by atoms with E-state index in [9.17, 15) is 9.90 Å². The molecule has 3 aliphatic rings. The van der Waals surface area contributed by atoms with E-state index in [1.54, 1.807) is 6.92 Å². The number of ketones is 1. The van der Waals surface area contributed by atoms with Crippen LogP contribution in [-0.4, -0.2) is 17.0 Å². The van der Waals surface area contributed by atoms with Gasteiger partial charge < -0.3 is 5.11 Å². The first-order valence-electron chi connectivity index (χ1n) is 9.18. The fourth-order valence-electron chi connectivity index (χ4n) is 5.30. The Morgan fingerprint density at radius 2 is 2.04 bits per heavy atom. The summed E-state index contributed by atoms with van der Waals surface area (Å²) in [6.45, 7) is 8.26. The Hall–Kier alpha value is -1.15. The summed E-state index contributed by atoms with van der Waals surface area (Å²) in [5, 5.41) is 9.88. The molecular weight excluding hydrogens is 284 g/mol. The first kappa shape index (κ1) is 16.7. The average Bonchev–Trinajstić information content (AvgIpc) is 2.86. The van der Waals surface area contributed by atoms with E-state index >= 15 is 0 Å². The van der Waals surface area contributed by atoms with Gasteiger partial charge in [0, 0.05) is 5.92 Å². The Morgan fingerprint density at radius 1 is 1.26 bits per heavy atom. The predicted molar refractivity (Wildman–Crippen MR) is 94.0 cm³/mol. The van der Waals surface area contributed by atoms with Gasteiger partial charge in [-0.15, -0.1) is 0 Å². The van der Waals surface area contributed by atoms with Gasteiger partial charge in [-0.3, -0.25) is 4.79 Å². The standard InChI is InChI=1S/C21H30O2/c1-14-6-9-18(23)13-17(14)8-7-16-5-4-12-21(3)19(15(2)22)10-11-20(16)21/h7-8,18-20,23H,1,4-6,9-13H2,2-3H3/b16-7+,17-8-/t18-,19-,20+,21-/m1/s1. The zero-order valence-electron chi connectivity index (χ0n) is 14.6. The zero-order chi connectivity index (χ0) is 16.6. The normalized spacial score (nSPS) is 41.3. The summed E-state index contributed by atoms with van der Waals surface area (Å²) in [5.74, 6) is 1.18. The van der Waals surface area contributed by atoms with Gasteiger partial charge in [0.1, 0.15) is 5.78 Å². The number of hydrogen-bond acceptors (Lipinski definition) is 2. The van der Waals surface area contributed by atoms with E-state index in [-0.39, 0.29) is 17.4 Å². The quantitative estimate of drug-likeness (QED) is 0.799. The number of rotatable bonds is 2. The molecule has 126 valence electrons. The molecule has 0 unspecified atom stereocenters. The molecule has 0 bridgehead atoms. The van der Waals surface area contributed by atoms with Crippen LogP contribution in [0.15, 0.2) is 35.5 Å². The van der Waals surface area contributed by atoms with Gasteiger partial charge in [0.05, 0.1) is 6.10 Å². The summed E-state index contributed by atoms with van der Waals surface area (Å²) < 4.78 is 0. The zero-order valence-corrected chi connectivity index (χ0v) is 14.6. The van der Waals surface area contributed by atoms with Crippen LogP contribution < -0.4 is 0 Å². The van der Waals surface area contributed by atoms with E-state index in [0.717, 1.165) is 38.5 Å². The maximum absolute atomic E-state index is 12.0. The third-order valence-electron chi connectivity index (χ3n) is 6.64. The molecule has 0 aliphatic heterocycles. The number of carbonyl (C=O) groups excluding carboxylic acids is 1. The van der Waals surface area contributed by atoms with Gasteiger partial charge >= 0.3 is 0 Å². The van der Waals surface area contributed by atoms with Crippen molar-refractivity contribution in [3.63, 3.8) is 0 Å². The van der Waals surface area contributed by atoms with Gasteiger partial charge in [-0.25, -0.2) is 0 Å². The highest BCUT2D eigenvalue weighted by Crippen LogP contribution is 2.57. The van der Waals surface area contributed by atoms with E-state index in [4.69, 9.17) is 0 Å². The summed E-state index contributed by atoms with van der Waals surface area (Å²) in [7, 11) is 0. The van der Waals surface area contributed by atoms with Crippen molar-refractivity contribution in [3.05, 3.63) is 35.5 Å². The van der Waals surface area contributed by atoms with Crippen LogP contribution >= 0.6 is 0 Å². The minimum atomic E-state index is -0.213. The largest absolute Gasteiger partial charge is 0.393 e. The maximum atomic E-state index is 12.0. The SMILES string of the molecule is C=C1CC[C@@H](O)C/C1=C/C=C1\CCC[C@]2(C)[C@@H](C(C)=O)CC[C@@H]12.